The summed E-state index contributed by atoms with van der Waals surface area (Å²) in [6.07, 6.45) is 6.11. The van der Waals surface area contributed by atoms with Crippen molar-refractivity contribution in [3.63, 3.8) is 0 Å². The summed E-state index contributed by atoms with van der Waals surface area (Å²) in [5.74, 6) is -0.230. The Balaban J connectivity index is 2.02. The second-order valence-electron chi connectivity index (χ2n) is 5.57. The average molecular weight is 350 g/mol. The average Bonchev–Trinajstić information content (AvgIpc) is 3.03. The molecule has 3 heterocycles. The molecule has 0 radical (unpaired) electrons. The fourth-order valence-corrected chi connectivity index (χ4v) is 2.95. The first-order valence-corrected chi connectivity index (χ1v) is 7.77. The number of carboxylic acid groups (broad SMARTS) is 1. The molecule has 4 rings (SSSR count). The first kappa shape index (κ1) is 16.0. The summed E-state index contributed by atoms with van der Waals surface area (Å²) in [5.41, 5.74) is 1.86. The SMILES string of the molecule is COCc1cnc(C(=O)O)c2[nH]c3cccc(Oc4cnccn4)c3c12. The van der Waals surface area contributed by atoms with E-state index in [4.69, 9.17) is 9.47 Å². The van der Waals surface area contributed by atoms with E-state index in [1.807, 2.05) is 12.1 Å². The van der Waals surface area contributed by atoms with Crippen LogP contribution in [0.3, 0.4) is 0 Å². The van der Waals surface area contributed by atoms with Crippen LogP contribution in [-0.4, -0.2) is 38.1 Å². The van der Waals surface area contributed by atoms with E-state index in [0.29, 0.717) is 22.5 Å². The molecule has 1 aromatic carbocycles. The van der Waals surface area contributed by atoms with Crippen molar-refractivity contribution in [3.05, 3.63) is 54.2 Å². The van der Waals surface area contributed by atoms with Gasteiger partial charge < -0.3 is 19.6 Å². The predicted octanol–water partition coefficient (Wildman–Crippen LogP) is 3.14. The summed E-state index contributed by atoms with van der Waals surface area (Å²) in [6.45, 7) is 0.288. The number of methoxy groups -OCH3 is 1. The lowest BCUT2D eigenvalue weighted by Gasteiger charge is -2.08. The molecule has 0 aliphatic carbocycles. The van der Waals surface area contributed by atoms with Crippen molar-refractivity contribution in [1.82, 2.24) is 19.9 Å². The largest absolute Gasteiger partial charge is 0.476 e. The van der Waals surface area contributed by atoms with E-state index in [0.717, 1.165) is 16.5 Å². The van der Waals surface area contributed by atoms with Crippen molar-refractivity contribution >= 4 is 27.8 Å². The highest BCUT2D eigenvalue weighted by Crippen LogP contribution is 2.37. The number of nitrogens with one attached hydrogen (secondary N) is 1. The summed E-state index contributed by atoms with van der Waals surface area (Å²) < 4.78 is 11.1. The third kappa shape index (κ3) is 2.62. The Morgan fingerprint density at radius 3 is 2.81 bits per heavy atom. The van der Waals surface area contributed by atoms with Gasteiger partial charge in [0, 0.05) is 36.7 Å². The predicted molar refractivity (Wildman–Crippen MR) is 93.4 cm³/mol. The maximum atomic E-state index is 11.6. The van der Waals surface area contributed by atoms with Gasteiger partial charge in [-0.15, -0.1) is 0 Å². The minimum Gasteiger partial charge on any atom is -0.476 e. The molecule has 130 valence electrons. The Hall–Kier alpha value is -3.52. The van der Waals surface area contributed by atoms with E-state index in [1.54, 1.807) is 19.4 Å². The van der Waals surface area contributed by atoms with Crippen molar-refractivity contribution in [2.45, 2.75) is 6.61 Å². The summed E-state index contributed by atoms with van der Waals surface area (Å²) in [7, 11) is 1.57. The summed E-state index contributed by atoms with van der Waals surface area (Å²) >= 11 is 0. The smallest absolute Gasteiger partial charge is 0.356 e. The molecule has 0 bridgehead atoms. The Kier molecular flexibility index (Phi) is 3.94. The highest BCUT2D eigenvalue weighted by Gasteiger charge is 2.20. The molecule has 3 aromatic heterocycles. The molecule has 0 fully saturated rings. The standard InChI is InChI=1S/C18H14N4O4/c1-25-9-10-7-21-17(18(23)24)16-14(10)15-11(22-16)3-2-4-12(15)26-13-8-19-5-6-20-13/h2-8,22H,9H2,1H3,(H,23,24). The molecule has 0 saturated carbocycles. The van der Waals surface area contributed by atoms with Crippen molar-refractivity contribution < 1.29 is 19.4 Å². The van der Waals surface area contributed by atoms with Crippen molar-refractivity contribution in [2.75, 3.05) is 7.11 Å². The molecule has 0 aliphatic rings. The Bertz CT molecular complexity index is 1110. The van der Waals surface area contributed by atoms with E-state index in [9.17, 15) is 9.90 Å². The highest BCUT2D eigenvalue weighted by molar-refractivity contribution is 6.16. The van der Waals surface area contributed by atoms with Gasteiger partial charge in [0.05, 0.1) is 29.2 Å². The summed E-state index contributed by atoms with van der Waals surface area (Å²) in [4.78, 5) is 26.9. The van der Waals surface area contributed by atoms with Crippen LogP contribution in [0.1, 0.15) is 16.1 Å². The van der Waals surface area contributed by atoms with Crippen molar-refractivity contribution in [2.24, 2.45) is 0 Å². The van der Waals surface area contributed by atoms with Crippen LogP contribution >= 0.6 is 0 Å². The van der Waals surface area contributed by atoms with E-state index in [-0.39, 0.29) is 12.3 Å². The minimum absolute atomic E-state index is 0.0542. The lowest BCUT2D eigenvalue weighted by atomic mass is 10.1. The lowest BCUT2D eigenvalue weighted by molar-refractivity contribution is 0.0692. The van der Waals surface area contributed by atoms with Crippen LogP contribution < -0.4 is 4.74 Å². The van der Waals surface area contributed by atoms with Gasteiger partial charge in [-0.2, -0.15) is 0 Å². The molecule has 0 saturated heterocycles. The number of ether oxygens (including phenoxy) is 2. The normalized spacial score (nSPS) is 11.1. The monoisotopic (exact) mass is 350 g/mol. The van der Waals surface area contributed by atoms with Crippen LogP contribution in [0.2, 0.25) is 0 Å². The third-order valence-electron chi connectivity index (χ3n) is 3.95. The van der Waals surface area contributed by atoms with Gasteiger partial charge >= 0.3 is 5.97 Å². The maximum Gasteiger partial charge on any atom is 0.356 e. The van der Waals surface area contributed by atoms with Gasteiger partial charge in [-0.05, 0) is 12.1 Å². The molecule has 0 unspecified atom stereocenters. The minimum atomic E-state index is -1.11. The van der Waals surface area contributed by atoms with Crippen molar-refractivity contribution in [3.8, 4) is 11.6 Å². The lowest BCUT2D eigenvalue weighted by Crippen LogP contribution is -2.03. The fraction of sp³-hybridized carbons (Fsp3) is 0.111. The van der Waals surface area contributed by atoms with Crippen LogP contribution in [0.4, 0.5) is 0 Å². The summed E-state index contributed by atoms with van der Waals surface area (Å²) in [5, 5.41) is 10.9. The molecule has 0 amide bonds. The highest BCUT2D eigenvalue weighted by atomic mass is 16.5. The molecule has 2 N–H and O–H groups in total. The molecular weight excluding hydrogens is 336 g/mol. The zero-order valence-corrected chi connectivity index (χ0v) is 13.8. The van der Waals surface area contributed by atoms with Gasteiger partial charge in [-0.25, -0.2) is 14.8 Å². The van der Waals surface area contributed by atoms with Crippen molar-refractivity contribution in [1.29, 1.82) is 0 Å². The second-order valence-corrected chi connectivity index (χ2v) is 5.57. The number of nitrogens with zero attached hydrogens (tertiary/aromatic N) is 3. The number of rotatable bonds is 5. The molecule has 8 heteroatoms. The van der Waals surface area contributed by atoms with Gasteiger partial charge in [0.25, 0.3) is 0 Å². The number of carbonyl (C=O) groups is 1. The quantitative estimate of drug-likeness (QED) is 0.569. The van der Waals surface area contributed by atoms with Crippen LogP contribution in [0.15, 0.2) is 43.0 Å². The van der Waals surface area contributed by atoms with Crippen LogP contribution in [0, 0.1) is 0 Å². The first-order chi connectivity index (χ1) is 12.7. The molecule has 0 atom stereocenters. The number of H-pyrrole nitrogens is 1. The van der Waals surface area contributed by atoms with Gasteiger partial charge in [0.1, 0.15) is 5.75 Å². The molecule has 4 aromatic rings. The molecule has 26 heavy (non-hydrogen) atoms. The van der Waals surface area contributed by atoms with Crippen LogP contribution in [0.25, 0.3) is 21.8 Å². The Morgan fingerprint density at radius 1 is 1.19 bits per heavy atom. The van der Waals surface area contributed by atoms with Gasteiger partial charge in [-0.1, -0.05) is 6.07 Å². The first-order valence-electron chi connectivity index (χ1n) is 7.77. The number of fused-ring (bicyclic) bond motifs is 3. The molecule has 0 spiro atoms. The number of hydrogen-bond acceptors (Lipinski definition) is 6. The van der Waals surface area contributed by atoms with E-state index >= 15 is 0 Å². The molecule has 8 nitrogen and oxygen atoms in total. The van der Waals surface area contributed by atoms with E-state index in [2.05, 4.69) is 19.9 Å². The number of benzene rings is 1. The van der Waals surface area contributed by atoms with Gasteiger partial charge in [0.15, 0.2) is 5.69 Å². The number of hydrogen-bond donors (Lipinski definition) is 2. The zero-order valence-electron chi connectivity index (χ0n) is 13.8. The molecule has 0 aliphatic heterocycles. The number of pyridine rings is 1. The second kappa shape index (κ2) is 6.41. The van der Waals surface area contributed by atoms with Gasteiger partial charge in [0.2, 0.25) is 5.88 Å². The van der Waals surface area contributed by atoms with Crippen LogP contribution in [0.5, 0.6) is 11.6 Å². The Labute approximate surface area is 147 Å². The number of aromatic amines is 1. The summed E-state index contributed by atoms with van der Waals surface area (Å²) in [6, 6.07) is 5.45. The topological polar surface area (TPSA) is 110 Å². The van der Waals surface area contributed by atoms with E-state index < -0.39 is 5.97 Å². The number of aromatic carboxylic acids is 1. The third-order valence-corrected chi connectivity index (χ3v) is 3.95. The maximum absolute atomic E-state index is 11.6. The molecular formula is C18H14N4O4. The van der Waals surface area contributed by atoms with Crippen LogP contribution in [-0.2, 0) is 11.3 Å². The Morgan fingerprint density at radius 2 is 2.08 bits per heavy atom. The van der Waals surface area contributed by atoms with E-state index in [1.165, 1.54) is 18.6 Å². The van der Waals surface area contributed by atoms with Gasteiger partial charge in [-0.3, -0.25) is 4.98 Å². The number of aromatic nitrogens is 4. The zero-order chi connectivity index (χ0) is 18.1. The fourth-order valence-electron chi connectivity index (χ4n) is 2.95. The number of carboxylic acids is 1.